The van der Waals surface area contributed by atoms with E-state index in [2.05, 4.69) is 37.9 Å². The van der Waals surface area contributed by atoms with Crippen LogP contribution in [0.4, 0.5) is 4.39 Å². The molecule has 1 aromatic rings. The highest BCUT2D eigenvalue weighted by molar-refractivity contribution is 6.31. The van der Waals surface area contributed by atoms with Gasteiger partial charge in [-0.1, -0.05) is 37.6 Å². The van der Waals surface area contributed by atoms with Crippen LogP contribution in [0.15, 0.2) is 18.2 Å². The number of halogens is 2. The van der Waals surface area contributed by atoms with E-state index in [0.717, 1.165) is 31.5 Å². The lowest BCUT2D eigenvalue weighted by Gasteiger charge is -2.52. The van der Waals surface area contributed by atoms with Crippen molar-refractivity contribution in [3.8, 4) is 0 Å². The third kappa shape index (κ3) is 3.41. The molecule has 1 aliphatic rings. The first-order valence-electron chi connectivity index (χ1n) is 7.76. The average molecular weight is 313 g/mol. The summed E-state index contributed by atoms with van der Waals surface area (Å²) in [5.41, 5.74) is 1.05. The molecule has 1 saturated heterocycles. The van der Waals surface area contributed by atoms with Crippen LogP contribution in [0.5, 0.6) is 0 Å². The van der Waals surface area contributed by atoms with Crippen molar-refractivity contribution in [1.82, 2.24) is 10.2 Å². The van der Waals surface area contributed by atoms with E-state index >= 15 is 0 Å². The van der Waals surface area contributed by atoms with Gasteiger partial charge in [0.2, 0.25) is 0 Å². The van der Waals surface area contributed by atoms with E-state index in [0.29, 0.717) is 6.54 Å². The second-order valence-electron chi connectivity index (χ2n) is 6.69. The van der Waals surface area contributed by atoms with Crippen molar-refractivity contribution in [3.05, 3.63) is 34.6 Å². The second kappa shape index (κ2) is 6.23. The summed E-state index contributed by atoms with van der Waals surface area (Å²) in [6, 6.07) is 5.08. The zero-order chi connectivity index (χ0) is 15.7. The Morgan fingerprint density at radius 1 is 1.29 bits per heavy atom. The highest BCUT2D eigenvalue weighted by atomic mass is 35.5. The molecule has 0 spiro atoms. The molecule has 0 saturated carbocycles. The number of hydrogen-bond donors (Lipinski definition) is 1. The van der Waals surface area contributed by atoms with Crippen molar-refractivity contribution in [2.24, 2.45) is 0 Å². The minimum Gasteiger partial charge on any atom is -0.308 e. The fourth-order valence-corrected chi connectivity index (χ4v) is 3.08. The number of piperazine rings is 1. The Bertz CT molecular complexity index is 508. The lowest BCUT2D eigenvalue weighted by atomic mass is 9.85. The summed E-state index contributed by atoms with van der Waals surface area (Å²) in [4.78, 5) is 2.45. The first kappa shape index (κ1) is 16.7. The van der Waals surface area contributed by atoms with Crippen LogP contribution in [0.25, 0.3) is 0 Å². The number of hydrogen-bond acceptors (Lipinski definition) is 2. The van der Waals surface area contributed by atoms with Gasteiger partial charge >= 0.3 is 0 Å². The van der Waals surface area contributed by atoms with Gasteiger partial charge in [0.1, 0.15) is 5.82 Å². The minimum absolute atomic E-state index is 0.0737. The number of rotatable bonds is 4. The summed E-state index contributed by atoms with van der Waals surface area (Å²) in [5, 5.41) is 3.94. The van der Waals surface area contributed by atoms with Gasteiger partial charge in [-0.3, -0.25) is 4.90 Å². The predicted octanol–water partition coefficient (Wildman–Crippen LogP) is 4.22. The van der Waals surface area contributed by atoms with Crippen molar-refractivity contribution < 1.29 is 4.39 Å². The van der Waals surface area contributed by atoms with Crippen LogP contribution in [0.3, 0.4) is 0 Å². The maximum absolute atomic E-state index is 13.7. The Labute approximate surface area is 132 Å². The molecule has 4 heteroatoms. The van der Waals surface area contributed by atoms with E-state index in [4.69, 9.17) is 11.6 Å². The smallest absolute Gasteiger partial charge is 0.142 e. The molecule has 1 aliphatic heterocycles. The van der Waals surface area contributed by atoms with Crippen molar-refractivity contribution in [3.63, 3.8) is 0 Å². The largest absolute Gasteiger partial charge is 0.308 e. The molecule has 0 bridgehead atoms. The standard InChI is InChI=1S/C17H26ClFN2/c1-5-16(3)12-21(17(4,6-2)11-20-16)10-13-8-7-9-14(19)15(13)18/h7-9,20H,5-6,10-12H2,1-4H3. The molecule has 1 heterocycles. The fourth-order valence-electron chi connectivity index (χ4n) is 2.89. The average Bonchev–Trinajstić information content (AvgIpc) is 2.48. The Kier molecular flexibility index (Phi) is 4.96. The molecule has 2 nitrogen and oxygen atoms in total. The third-order valence-corrected chi connectivity index (χ3v) is 5.56. The van der Waals surface area contributed by atoms with Gasteiger partial charge < -0.3 is 5.32 Å². The second-order valence-corrected chi connectivity index (χ2v) is 7.07. The molecule has 2 unspecified atom stereocenters. The third-order valence-electron chi connectivity index (χ3n) is 5.13. The van der Waals surface area contributed by atoms with Crippen LogP contribution in [0, 0.1) is 5.82 Å². The van der Waals surface area contributed by atoms with Gasteiger partial charge in [-0.15, -0.1) is 0 Å². The molecule has 21 heavy (non-hydrogen) atoms. The van der Waals surface area contributed by atoms with E-state index in [-0.39, 0.29) is 21.9 Å². The Morgan fingerprint density at radius 2 is 2.00 bits per heavy atom. The van der Waals surface area contributed by atoms with E-state index in [1.54, 1.807) is 6.07 Å². The molecular weight excluding hydrogens is 287 g/mol. The summed E-state index contributed by atoms with van der Waals surface area (Å²) in [7, 11) is 0. The van der Waals surface area contributed by atoms with Gasteiger partial charge in [0.15, 0.2) is 0 Å². The van der Waals surface area contributed by atoms with Gasteiger partial charge in [-0.05, 0) is 38.3 Å². The Morgan fingerprint density at radius 3 is 2.62 bits per heavy atom. The normalized spacial score (nSPS) is 30.6. The lowest BCUT2D eigenvalue weighted by molar-refractivity contribution is 0.0104. The summed E-state index contributed by atoms with van der Waals surface area (Å²) in [6.45, 7) is 11.5. The molecule has 2 atom stereocenters. The number of benzene rings is 1. The predicted molar refractivity (Wildman–Crippen MR) is 87.2 cm³/mol. The molecule has 1 N–H and O–H groups in total. The summed E-state index contributed by atoms with van der Waals surface area (Å²) < 4.78 is 13.7. The summed E-state index contributed by atoms with van der Waals surface area (Å²) in [6.07, 6.45) is 2.12. The Balaban J connectivity index is 2.26. The number of nitrogens with one attached hydrogen (secondary N) is 1. The molecule has 1 aromatic carbocycles. The minimum atomic E-state index is -0.333. The fraction of sp³-hybridized carbons (Fsp3) is 0.647. The van der Waals surface area contributed by atoms with Crippen molar-refractivity contribution in [2.75, 3.05) is 13.1 Å². The maximum Gasteiger partial charge on any atom is 0.142 e. The van der Waals surface area contributed by atoms with Crippen LogP contribution >= 0.6 is 11.6 Å². The van der Waals surface area contributed by atoms with Crippen molar-refractivity contribution in [2.45, 2.75) is 58.2 Å². The first-order valence-corrected chi connectivity index (χ1v) is 8.14. The van der Waals surface area contributed by atoms with Crippen LogP contribution in [-0.4, -0.2) is 29.1 Å². The highest BCUT2D eigenvalue weighted by Crippen LogP contribution is 2.31. The van der Waals surface area contributed by atoms with Gasteiger partial charge in [0.05, 0.1) is 5.02 Å². The van der Waals surface area contributed by atoms with E-state index in [1.807, 2.05) is 6.07 Å². The van der Waals surface area contributed by atoms with Crippen molar-refractivity contribution in [1.29, 1.82) is 0 Å². The molecule has 118 valence electrons. The monoisotopic (exact) mass is 312 g/mol. The van der Waals surface area contributed by atoms with E-state index < -0.39 is 0 Å². The van der Waals surface area contributed by atoms with Gasteiger partial charge in [0, 0.05) is 30.7 Å². The zero-order valence-corrected chi connectivity index (χ0v) is 14.2. The van der Waals surface area contributed by atoms with E-state index in [1.165, 1.54) is 6.07 Å². The number of nitrogens with zero attached hydrogens (tertiary/aromatic N) is 1. The maximum atomic E-state index is 13.7. The van der Waals surface area contributed by atoms with Crippen LogP contribution in [0.2, 0.25) is 5.02 Å². The Hall–Kier alpha value is -0.640. The van der Waals surface area contributed by atoms with Gasteiger partial charge in [-0.25, -0.2) is 4.39 Å². The SMILES string of the molecule is CCC1(C)CN(Cc2cccc(F)c2Cl)C(C)(CC)CN1. The van der Waals surface area contributed by atoms with Gasteiger partial charge in [0.25, 0.3) is 0 Å². The van der Waals surface area contributed by atoms with Crippen LogP contribution in [-0.2, 0) is 6.54 Å². The molecule has 1 fully saturated rings. The van der Waals surface area contributed by atoms with Crippen LogP contribution in [0.1, 0.15) is 46.1 Å². The molecule has 0 aliphatic carbocycles. The molecule has 2 rings (SSSR count). The highest BCUT2D eigenvalue weighted by Gasteiger charge is 2.40. The molecular formula is C17H26ClFN2. The zero-order valence-electron chi connectivity index (χ0n) is 13.5. The molecule has 0 amide bonds. The molecule has 0 aromatic heterocycles. The lowest BCUT2D eigenvalue weighted by Crippen LogP contribution is -2.67. The van der Waals surface area contributed by atoms with Crippen molar-refractivity contribution >= 4 is 11.6 Å². The summed E-state index contributed by atoms with van der Waals surface area (Å²) >= 11 is 6.14. The topological polar surface area (TPSA) is 15.3 Å². The quantitative estimate of drug-likeness (QED) is 0.895. The van der Waals surface area contributed by atoms with Gasteiger partial charge in [-0.2, -0.15) is 0 Å². The summed E-state index contributed by atoms with van der Waals surface area (Å²) in [5.74, 6) is -0.333. The van der Waals surface area contributed by atoms with E-state index in [9.17, 15) is 4.39 Å². The van der Waals surface area contributed by atoms with Crippen LogP contribution < -0.4 is 5.32 Å². The molecule has 0 radical (unpaired) electrons. The first-order chi connectivity index (χ1) is 9.83.